The molecule has 0 unspecified atom stereocenters. The molecule has 0 atom stereocenters. The highest BCUT2D eigenvalue weighted by Gasteiger charge is 2.15. The molecule has 0 aliphatic heterocycles. The lowest BCUT2D eigenvalue weighted by molar-refractivity contribution is -0.136. The van der Waals surface area contributed by atoms with Gasteiger partial charge in [0.05, 0.1) is 17.7 Å². The van der Waals surface area contributed by atoms with E-state index in [1.807, 2.05) is 0 Å². The van der Waals surface area contributed by atoms with Crippen LogP contribution in [0.4, 0.5) is 0 Å². The van der Waals surface area contributed by atoms with Crippen LogP contribution in [0.25, 0.3) is 0 Å². The summed E-state index contributed by atoms with van der Waals surface area (Å²) in [6.45, 7) is 0. The van der Waals surface area contributed by atoms with Crippen molar-refractivity contribution in [1.82, 2.24) is 9.97 Å². The highest BCUT2D eigenvalue weighted by molar-refractivity contribution is 7.98. The summed E-state index contributed by atoms with van der Waals surface area (Å²) >= 11 is 1.22. The number of aromatic carboxylic acids is 1. The topological polar surface area (TPSA) is 100 Å². The molecule has 0 bridgehead atoms. The average Bonchev–Trinajstić information content (AvgIpc) is 2.16. The second-order valence-corrected chi connectivity index (χ2v) is 3.37. The van der Waals surface area contributed by atoms with Crippen LogP contribution in [0.5, 0.6) is 0 Å². The van der Waals surface area contributed by atoms with Crippen LogP contribution < -0.4 is 0 Å². The van der Waals surface area contributed by atoms with Gasteiger partial charge in [-0.15, -0.1) is 0 Å². The number of carboxylic acids is 2. The minimum absolute atomic E-state index is 0.0225. The number of hydrogen-bond donors (Lipinski definition) is 2. The molecule has 1 heterocycles. The van der Waals surface area contributed by atoms with Crippen LogP contribution in [0.1, 0.15) is 16.1 Å². The number of carbonyl (C=O) groups is 2. The quantitative estimate of drug-likeness (QED) is 0.572. The standard InChI is InChI=1S/C8H8N2O4S/c1-15-8-9-3-4(7(13)14)5(10-8)2-6(11)12/h3H,2H2,1H3,(H,11,12)(H,13,14). The van der Waals surface area contributed by atoms with Gasteiger partial charge in [-0.25, -0.2) is 14.8 Å². The van der Waals surface area contributed by atoms with Crippen LogP contribution in [0.3, 0.4) is 0 Å². The molecule has 1 aromatic heterocycles. The summed E-state index contributed by atoms with van der Waals surface area (Å²) in [7, 11) is 0. The van der Waals surface area contributed by atoms with Crippen molar-refractivity contribution in [2.24, 2.45) is 0 Å². The molecule has 7 heteroatoms. The van der Waals surface area contributed by atoms with Crippen molar-refractivity contribution in [2.75, 3.05) is 6.26 Å². The number of thioether (sulfide) groups is 1. The van der Waals surface area contributed by atoms with Gasteiger partial charge in [-0.2, -0.15) is 0 Å². The molecule has 0 amide bonds. The summed E-state index contributed by atoms with van der Waals surface area (Å²) in [5, 5.41) is 17.7. The van der Waals surface area contributed by atoms with Gasteiger partial charge in [0.25, 0.3) is 0 Å². The van der Waals surface area contributed by atoms with E-state index in [0.717, 1.165) is 6.20 Å². The molecule has 0 radical (unpaired) electrons. The molecule has 80 valence electrons. The number of hydrogen-bond acceptors (Lipinski definition) is 5. The van der Waals surface area contributed by atoms with Gasteiger partial charge in [0.1, 0.15) is 0 Å². The number of aromatic nitrogens is 2. The molecular weight excluding hydrogens is 220 g/mol. The summed E-state index contributed by atoms with van der Waals surface area (Å²) in [5.41, 5.74) is -0.149. The minimum Gasteiger partial charge on any atom is -0.481 e. The molecule has 1 aromatic rings. The Balaban J connectivity index is 3.16. The lowest BCUT2D eigenvalue weighted by Crippen LogP contribution is -2.11. The highest BCUT2D eigenvalue weighted by Crippen LogP contribution is 2.12. The number of carboxylic acid groups (broad SMARTS) is 2. The van der Waals surface area contributed by atoms with Gasteiger partial charge in [0.2, 0.25) is 0 Å². The van der Waals surface area contributed by atoms with E-state index >= 15 is 0 Å². The first-order valence-electron chi connectivity index (χ1n) is 3.89. The normalized spacial score (nSPS) is 9.93. The van der Waals surface area contributed by atoms with E-state index in [1.165, 1.54) is 11.8 Å². The molecule has 1 rings (SSSR count). The van der Waals surface area contributed by atoms with Gasteiger partial charge >= 0.3 is 11.9 Å². The van der Waals surface area contributed by atoms with Gasteiger partial charge in [-0.05, 0) is 6.26 Å². The molecule has 6 nitrogen and oxygen atoms in total. The van der Waals surface area contributed by atoms with E-state index in [9.17, 15) is 9.59 Å². The molecular formula is C8H8N2O4S. The predicted octanol–water partition coefficient (Wildman–Crippen LogP) is 0.524. The van der Waals surface area contributed by atoms with E-state index in [1.54, 1.807) is 6.26 Å². The fourth-order valence-electron chi connectivity index (χ4n) is 0.954. The Kier molecular flexibility index (Phi) is 3.62. The van der Waals surface area contributed by atoms with Crippen LogP contribution in [0, 0.1) is 0 Å². The van der Waals surface area contributed by atoms with Crippen molar-refractivity contribution in [1.29, 1.82) is 0 Å². The van der Waals surface area contributed by atoms with Crippen molar-refractivity contribution in [3.8, 4) is 0 Å². The average molecular weight is 228 g/mol. The third-order valence-electron chi connectivity index (χ3n) is 1.58. The molecule has 0 aliphatic carbocycles. The monoisotopic (exact) mass is 228 g/mol. The predicted molar refractivity (Wildman–Crippen MR) is 52.1 cm³/mol. The summed E-state index contributed by atoms with van der Waals surface area (Å²) in [5.74, 6) is -2.35. The zero-order valence-corrected chi connectivity index (χ0v) is 8.61. The first-order valence-corrected chi connectivity index (χ1v) is 5.12. The third-order valence-corrected chi connectivity index (χ3v) is 2.14. The first-order chi connectivity index (χ1) is 7.04. The van der Waals surface area contributed by atoms with Gasteiger partial charge in [-0.1, -0.05) is 11.8 Å². The Hall–Kier alpha value is -1.63. The van der Waals surface area contributed by atoms with E-state index in [4.69, 9.17) is 10.2 Å². The lowest BCUT2D eigenvalue weighted by Gasteiger charge is -2.03. The first kappa shape index (κ1) is 11.4. The summed E-state index contributed by atoms with van der Waals surface area (Å²) in [6.07, 6.45) is 2.43. The smallest absolute Gasteiger partial charge is 0.339 e. The lowest BCUT2D eigenvalue weighted by atomic mass is 10.2. The Morgan fingerprint density at radius 2 is 2.13 bits per heavy atom. The van der Waals surface area contributed by atoms with E-state index in [0.29, 0.717) is 5.16 Å². The number of aliphatic carboxylic acids is 1. The van der Waals surface area contributed by atoms with Gasteiger partial charge in [0, 0.05) is 6.20 Å². The molecule has 0 aromatic carbocycles. The number of rotatable bonds is 4. The van der Waals surface area contributed by atoms with Crippen LogP contribution >= 0.6 is 11.8 Å². The summed E-state index contributed by atoms with van der Waals surface area (Å²) in [4.78, 5) is 28.8. The zero-order chi connectivity index (χ0) is 11.4. The summed E-state index contributed by atoms with van der Waals surface area (Å²) < 4.78 is 0. The van der Waals surface area contributed by atoms with E-state index in [2.05, 4.69) is 9.97 Å². The Labute approximate surface area is 89.4 Å². The SMILES string of the molecule is CSc1ncc(C(=O)O)c(CC(=O)O)n1. The van der Waals surface area contributed by atoms with Gasteiger partial charge < -0.3 is 10.2 Å². The van der Waals surface area contributed by atoms with Crippen LogP contribution in [-0.4, -0.2) is 38.4 Å². The summed E-state index contributed by atoms with van der Waals surface area (Å²) in [6, 6.07) is 0. The second kappa shape index (κ2) is 4.74. The maximum Gasteiger partial charge on any atom is 0.339 e. The van der Waals surface area contributed by atoms with Gasteiger partial charge in [0.15, 0.2) is 5.16 Å². The Morgan fingerprint density at radius 3 is 2.60 bits per heavy atom. The Bertz CT molecular complexity index is 408. The molecule has 0 fully saturated rings. The third kappa shape index (κ3) is 2.91. The molecule has 0 aliphatic rings. The fraction of sp³-hybridized carbons (Fsp3) is 0.250. The maximum atomic E-state index is 10.7. The highest BCUT2D eigenvalue weighted by atomic mass is 32.2. The minimum atomic E-state index is -1.22. The maximum absolute atomic E-state index is 10.7. The van der Waals surface area contributed by atoms with Crippen LogP contribution in [-0.2, 0) is 11.2 Å². The molecule has 0 spiro atoms. The second-order valence-electron chi connectivity index (χ2n) is 2.59. The van der Waals surface area contributed by atoms with Gasteiger partial charge in [-0.3, -0.25) is 4.79 Å². The number of nitrogens with zero attached hydrogens (tertiary/aromatic N) is 2. The largest absolute Gasteiger partial charge is 0.481 e. The van der Waals surface area contributed by atoms with Crippen molar-refractivity contribution < 1.29 is 19.8 Å². The van der Waals surface area contributed by atoms with E-state index < -0.39 is 18.4 Å². The zero-order valence-electron chi connectivity index (χ0n) is 7.80. The van der Waals surface area contributed by atoms with Crippen LogP contribution in [0.15, 0.2) is 11.4 Å². The fourth-order valence-corrected chi connectivity index (χ4v) is 1.31. The molecule has 0 saturated carbocycles. The Morgan fingerprint density at radius 1 is 1.47 bits per heavy atom. The van der Waals surface area contributed by atoms with Crippen molar-refractivity contribution >= 4 is 23.7 Å². The van der Waals surface area contributed by atoms with Crippen molar-refractivity contribution in [3.63, 3.8) is 0 Å². The van der Waals surface area contributed by atoms with Crippen molar-refractivity contribution in [3.05, 3.63) is 17.5 Å². The molecule has 0 saturated heterocycles. The van der Waals surface area contributed by atoms with E-state index in [-0.39, 0.29) is 11.3 Å². The molecule has 2 N–H and O–H groups in total. The van der Waals surface area contributed by atoms with Crippen LogP contribution in [0.2, 0.25) is 0 Å². The van der Waals surface area contributed by atoms with Crippen molar-refractivity contribution in [2.45, 2.75) is 11.6 Å². The molecule has 15 heavy (non-hydrogen) atoms.